The van der Waals surface area contributed by atoms with Crippen molar-refractivity contribution < 1.29 is 4.79 Å². The highest BCUT2D eigenvalue weighted by Crippen LogP contribution is 2.11. The second kappa shape index (κ2) is 8.98. The maximum absolute atomic E-state index is 11.8. The number of benzene rings is 1. The van der Waals surface area contributed by atoms with Crippen LogP contribution in [-0.2, 0) is 11.2 Å². The van der Waals surface area contributed by atoms with Gasteiger partial charge in [-0.25, -0.2) is 0 Å². The zero-order valence-corrected chi connectivity index (χ0v) is 12.7. The van der Waals surface area contributed by atoms with Gasteiger partial charge in [0.25, 0.3) is 0 Å². The van der Waals surface area contributed by atoms with Gasteiger partial charge in [0.1, 0.15) is 0 Å². The third-order valence-electron chi connectivity index (χ3n) is 3.24. The molecule has 0 bridgehead atoms. The van der Waals surface area contributed by atoms with Crippen molar-refractivity contribution in [1.82, 2.24) is 5.32 Å². The van der Waals surface area contributed by atoms with Crippen LogP contribution >= 0.6 is 11.6 Å². The Hall–Kier alpha value is -1.02. The van der Waals surface area contributed by atoms with E-state index in [1.165, 1.54) is 11.1 Å². The Morgan fingerprint density at radius 1 is 1.16 bits per heavy atom. The van der Waals surface area contributed by atoms with Crippen LogP contribution in [0.4, 0.5) is 0 Å². The molecular weight excluding hydrogens is 258 g/mol. The number of alkyl halides is 1. The normalized spacial score (nSPS) is 10.5. The lowest BCUT2D eigenvalue weighted by Gasteiger charge is -2.08. The lowest BCUT2D eigenvalue weighted by molar-refractivity contribution is -0.120. The molecule has 0 heterocycles. The minimum Gasteiger partial charge on any atom is -0.356 e. The summed E-state index contributed by atoms with van der Waals surface area (Å²) >= 11 is 5.61. The Morgan fingerprint density at radius 3 is 2.63 bits per heavy atom. The first-order valence-corrected chi connectivity index (χ1v) is 7.55. The van der Waals surface area contributed by atoms with Crippen molar-refractivity contribution in [3.05, 3.63) is 34.9 Å². The van der Waals surface area contributed by atoms with Gasteiger partial charge in [-0.05, 0) is 37.8 Å². The van der Waals surface area contributed by atoms with Gasteiger partial charge in [0.2, 0.25) is 5.91 Å². The second-order valence-electron chi connectivity index (χ2n) is 5.06. The Labute approximate surface area is 121 Å². The zero-order chi connectivity index (χ0) is 14.1. The summed E-state index contributed by atoms with van der Waals surface area (Å²) in [5.41, 5.74) is 3.51. The monoisotopic (exact) mass is 281 g/mol. The number of unbranched alkanes of at least 4 members (excludes halogenated alkanes) is 3. The first-order valence-electron chi connectivity index (χ1n) is 7.02. The topological polar surface area (TPSA) is 29.1 Å². The lowest BCUT2D eigenvalue weighted by Crippen LogP contribution is -2.26. The van der Waals surface area contributed by atoms with Crippen LogP contribution in [0.2, 0.25) is 0 Å². The second-order valence-corrected chi connectivity index (χ2v) is 5.44. The van der Waals surface area contributed by atoms with E-state index in [-0.39, 0.29) is 5.91 Å². The Kier molecular flexibility index (Phi) is 7.57. The molecule has 0 aliphatic carbocycles. The standard InChI is InChI=1S/C16H24ClNO/c1-13-7-8-14(2)15(11-13)12-16(19)18-10-6-4-3-5-9-17/h7-8,11H,3-6,9-10,12H2,1-2H3,(H,18,19). The van der Waals surface area contributed by atoms with Gasteiger partial charge < -0.3 is 5.32 Å². The highest BCUT2D eigenvalue weighted by atomic mass is 35.5. The average molecular weight is 282 g/mol. The van der Waals surface area contributed by atoms with Crippen molar-refractivity contribution in [3.63, 3.8) is 0 Å². The average Bonchev–Trinajstić information content (AvgIpc) is 2.38. The van der Waals surface area contributed by atoms with Gasteiger partial charge in [-0.1, -0.05) is 36.6 Å². The molecule has 106 valence electrons. The number of amides is 1. The first-order chi connectivity index (χ1) is 9.13. The van der Waals surface area contributed by atoms with Crippen LogP contribution < -0.4 is 5.32 Å². The van der Waals surface area contributed by atoms with Gasteiger partial charge in [0.05, 0.1) is 6.42 Å². The number of halogens is 1. The fraction of sp³-hybridized carbons (Fsp3) is 0.562. The molecule has 1 amide bonds. The molecule has 0 spiro atoms. The van der Waals surface area contributed by atoms with Crippen molar-refractivity contribution in [3.8, 4) is 0 Å². The summed E-state index contributed by atoms with van der Waals surface area (Å²) in [6.07, 6.45) is 4.87. The van der Waals surface area contributed by atoms with E-state index in [0.29, 0.717) is 6.42 Å². The molecule has 0 unspecified atom stereocenters. The maximum Gasteiger partial charge on any atom is 0.224 e. The van der Waals surface area contributed by atoms with Crippen LogP contribution in [0.25, 0.3) is 0 Å². The number of nitrogens with one attached hydrogen (secondary N) is 1. The molecule has 1 aromatic rings. The summed E-state index contributed by atoms with van der Waals surface area (Å²) < 4.78 is 0. The summed E-state index contributed by atoms with van der Waals surface area (Å²) in [5, 5.41) is 2.98. The molecule has 2 nitrogen and oxygen atoms in total. The lowest BCUT2D eigenvalue weighted by atomic mass is 10.0. The summed E-state index contributed by atoms with van der Waals surface area (Å²) in [6, 6.07) is 6.24. The Balaban J connectivity index is 2.25. The van der Waals surface area contributed by atoms with Crippen molar-refractivity contribution in [2.24, 2.45) is 0 Å². The number of rotatable bonds is 8. The predicted octanol–water partition coefficient (Wildman–Crippen LogP) is 3.76. The minimum atomic E-state index is 0.117. The molecule has 1 rings (SSSR count). The molecular formula is C16H24ClNO. The van der Waals surface area contributed by atoms with E-state index in [2.05, 4.69) is 30.4 Å². The molecule has 0 saturated heterocycles. The van der Waals surface area contributed by atoms with E-state index in [1.54, 1.807) is 0 Å². The van der Waals surface area contributed by atoms with Gasteiger partial charge in [-0.3, -0.25) is 4.79 Å². The number of hydrogen-bond donors (Lipinski definition) is 1. The van der Waals surface area contributed by atoms with E-state index < -0.39 is 0 Å². The summed E-state index contributed by atoms with van der Waals surface area (Å²) in [5.74, 6) is 0.852. The van der Waals surface area contributed by atoms with Crippen LogP contribution in [0, 0.1) is 13.8 Å². The van der Waals surface area contributed by atoms with E-state index in [9.17, 15) is 4.79 Å². The van der Waals surface area contributed by atoms with Crippen molar-refractivity contribution >= 4 is 17.5 Å². The van der Waals surface area contributed by atoms with Crippen molar-refractivity contribution in [1.29, 1.82) is 0 Å². The van der Waals surface area contributed by atoms with Crippen LogP contribution in [0.5, 0.6) is 0 Å². The van der Waals surface area contributed by atoms with Crippen LogP contribution in [0.3, 0.4) is 0 Å². The van der Waals surface area contributed by atoms with Crippen LogP contribution in [0.1, 0.15) is 42.4 Å². The molecule has 0 aliphatic heterocycles. The molecule has 0 aliphatic rings. The van der Waals surface area contributed by atoms with Crippen LogP contribution in [0.15, 0.2) is 18.2 Å². The molecule has 1 N–H and O–H groups in total. The molecule has 19 heavy (non-hydrogen) atoms. The quantitative estimate of drug-likeness (QED) is 0.570. The number of aryl methyl sites for hydroxylation is 2. The maximum atomic E-state index is 11.8. The third-order valence-corrected chi connectivity index (χ3v) is 3.51. The number of carbonyl (C=O) groups is 1. The molecule has 1 aromatic carbocycles. The summed E-state index contributed by atoms with van der Waals surface area (Å²) in [6.45, 7) is 4.87. The van der Waals surface area contributed by atoms with Crippen molar-refractivity contribution in [2.45, 2.75) is 46.0 Å². The zero-order valence-electron chi connectivity index (χ0n) is 12.0. The van der Waals surface area contributed by atoms with Gasteiger partial charge in [0, 0.05) is 12.4 Å². The molecule has 0 atom stereocenters. The molecule has 0 radical (unpaired) electrons. The molecule has 0 aromatic heterocycles. The van der Waals surface area contributed by atoms with Gasteiger partial charge in [0.15, 0.2) is 0 Å². The van der Waals surface area contributed by atoms with E-state index in [0.717, 1.165) is 43.7 Å². The smallest absolute Gasteiger partial charge is 0.224 e. The third kappa shape index (κ3) is 6.63. The Morgan fingerprint density at radius 2 is 1.89 bits per heavy atom. The Bertz CT molecular complexity index is 404. The van der Waals surface area contributed by atoms with Gasteiger partial charge in [-0.2, -0.15) is 0 Å². The van der Waals surface area contributed by atoms with Gasteiger partial charge in [-0.15, -0.1) is 11.6 Å². The molecule has 0 saturated carbocycles. The minimum absolute atomic E-state index is 0.117. The van der Waals surface area contributed by atoms with Crippen LogP contribution in [-0.4, -0.2) is 18.3 Å². The number of carbonyl (C=O) groups excluding carboxylic acids is 1. The summed E-state index contributed by atoms with van der Waals surface area (Å²) in [7, 11) is 0. The highest BCUT2D eigenvalue weighted by molar-refractivity contribution is 6.17. The van der Waals surface area contributed by atoms with Crippen molar-refractivity contribution in [2.75, 3.05) is 12.4 Å². The highest BCUT2D eigenvalue weighted by Gasteiger charge is 2.05. The molecule has 0 fully saturated rings. The SMILES string of the molecule is Cc1ccc(C)c(CC(=O)NCCCCCCCl)c1. The van der Waals surface area contributed by atoms with E-state index >= 15 is 0 Å². The fourth-order valence-electron chi connectivity index (χ4n) is 2.03. The van der Waals surface area contributed by atoms with Gasteiger partial charge >= 0.3 is 0 Å². The largest absolute Gasteiger partial charge is 0.356 e. The van der Waals surface area contributed by atoms with E-state index in [1.807, 2.05) is 6.92 Å². The molecule has 3 heteroatoms. The van der Waals surface area contributed by atoms with E-state index in [4.69, 9.17) is 11.6 Å². The summed E-state index contributed by atoms with van der Waals surface area (Å²) in [4.78, 5) is 11.8. The fourth-order valence-corrected chi connectivity index (χ4v) is 2.22. The number of hydrogen-bond acceptors (Lipinski definition) is 1. The predicted molar refractivity (Wildman–Crippen MR) is 81.8 cm³/mol. The first kappa shape index (κ1) is 16.0.